The van der Waals surface area contributed by atoms with Gasteiger partial charge in [-0.05, 0) is 37.8 Å². The Labute approximate surface area is 119 Å². The highest BCUT2D eigenvalue weighted by Crippen LogP contribution is 2.38. The molecule has 0 atom stereocenters. The monoisotopic (exact) mass is 267 g/mol. The summed E-state index contributed by atoms with van der Waals surface area (Å²) in [5.41, 5.74) is 0.574. The van der Waals surface area contributed by atoms with Gasteiger partial charge in [0.2, 0.25) is 0 Å². The van der Waals surface area contributed by atoms with Crippen molar-refractivity contribution in [1.29, 1.82) is 0 Å². The van der Waals surface area contributed by atoms with Gasteiger partial charge in [0.1, 0.15) is 0 Å². The van der Waals surface area contributed by atoms with Crippen LogP contribution in [0.25, 0.3) is 0 Å². The van der Waals surface area contributed by atoms with Crippen LogP contribution in [-0.2, 0) is 0 Å². The first-order valence-electron chi connectivity index (χ1n) is 8.21. The second-order valence-electron chi connectivity index (χ2n) is 7.31. The smallest absolute Gasteiger partial charge is 0.0110 e. The Balaban J connectivity index is 1.81. The van der Waals surface area contributed by atoms with E-state index in [9.17, 15) is 0 Å². The molecule has 1 N–H and O–H groups in total. The number of hydrogen-bond acceptors (Lipinski definition) is 3. The molecule has 0 amide bonds. The van der Waals surface area contributed by atoms with Crippen LogP contribution in [0.4, 0.5) is 0 Å². The molecular formula is C16H33N3. The van der Waals surface area contributed by atoms with E-state index in [1.54, 1.807) is 0 Å². The molecule has 1 heterocycles. The van der Waals surface area contributed by atoms with Gasteiger partial charge in [-0.2, -0.15) is 0 Å². The van der Waals surface area contributed by atoms with Crippen LogP contribution in [0.5, 0.6) is 0 Å². The van der Waals surface area contributed by atoms with Crippen LogP contribution < -0.4 is 5.32 Å². The van der Waals surface area contributed by atoms with Crippen molar-refractivity contribution in [2.45, 2.75) is 39.5 Å². The fraction of sp³-hybridized carbons (Fsp3) is 1.00. The first-order valence-corrected chi connectivity index (χ1v) is 8.21. The van der Waals surface area contributed by atoms with E-state index in [4.69, 9.17) is 0 Å². The maximum absolute atomic E-state index is 3.73. The van der Waals surface area contributed by atoms with Crippen molar-refractivity contribution in [3.8, 4) is 0 Å². The average molecular weight is 267 g/mol. The molecule has 0 radical (unpaired) electrons. The predicted octanol–water partition coefficient (Wildman–Crippen LogP) is 2.04. The zero-order chi connectivity index (χ0) is 13.7. The van der Waals surface area contributed by atoms with Gasteiger partial charge in [-0.15, -0.1) is 0 Å². The van der Waals surface area contributed by atoms with Gasteiger partial charge < -0.3 is 15.1 Å². The molecule has 2 aliphatic rings. The molecule has 0 aromatic heterocycles. The average Bonchev–Trinajstić information content (AvgIpc) is 2.81. The van der Waals surface area contributed by atoms with E-state index in [0.717, 1.165) is 5.92 Å². The highest BCUT2D eigenvalue weighted by atomic mass is 15.2. The molecule has 1 saturated carbocycles. The molecule has 0 aromatic carbocycles. The first kappa shape index (κ1) is 15.3. The Kier molecular flexibility index (Phi) is 5.67. The Morgan fingerprint density at radius 3 is 2.26 bits per heavy atom. The van der Waals surface area contributed by atoms with Gasteiger partial charge in [0.25, 0.3) is 0 Å². The molecule has 0 unspecified atom stereocenters. The molecule has 2 fully saturated rings. The lowest BCUT2D eigenvalue weighted by Crippen LogP contribution is -2.50. The van der Waals surface area contributed by atoms with E-state index in [-0.39, 0.29) is 0 Å². The first-order chi connectivity index (χ1) is 9.10. The van der Waals surface area contributed by atoms with Gasteiger partial charge in [-0.3, -0.25) is 0 Å². The lowest BCUT2D eigenvalue weighted by Gasteiger charge is -2.39. The van der Waals surface area contributed by atoms with E-state index in [2.05, 4.69) is 36.0 Å². The summed E-state index contributed by atoms with van der Waals surface area (Å²) in [6, 6.07) is 0. The zero-order valence-corrected chi connectivity index (χ0v) is 13.2. The molecule has 1 saturated heterocycles. The SMILES string of the molecule is CC(C)CNCC1(CN2CCN(C)CC2)CCCC1. The summed E-state index contributed by atoms with van der Waals surface area (Å²) in [5.74, 6) is 0.766. The Hall–Kier alpha value is -0.120. The number of nitrogens with one attached hydrogen (secondary N) is 1. The van der Waals surface area contributed by atoms with Gasteiger partial charge in [0.05, 0.1) is 0 Å². The minimum atomic E-state index is 0.574. The van der Waals surface area contributed by atoms with Crippen molar-refractivity contribution >= 4 is 0 Å². The van der Waals surface area contributed by atoms with Gasteiger partial charge in [0, 0.05) is 39.3 Å². The second-order valence-corrected chi connectivity index (χ2v) is 7.31. The van der Waals surface area contributed by atoms with Gasteiger partial charge >= 0.3 is 0 Å². The maximum Gasteiger partial charge on any atom is 0.0110 e. The van der Waals surface area contributed by atoms with Crippen molar-refractivity contribution < 1.29 is 0 Å². The van der Waals surface area contributed by atoms with Crippen molar-refractivity contribution in [3.63, 3.8) is 0 Å². The summed E-state index contributed by atoms with van der Waals surface area (Å²) in [4.78, 5) is 5.16. The summed E-state index contributed by atoms with van der Waals surface area (Å²) in [6.45, 7) is 13.4. The topological polar surface area (TPSA) is 18.5 Å². The summed E-state index contributed by atoms with van der Waals surface area (Å²) in [7, 11) is 2.24. The standard InChI is InChI=1S/C16H33N3/c1-15(2)12-17-13-16(6-4-5-7-16)14-19-10-8-18(3)9-11-19/h15,17H,4-14H2,1-3H3. The summed E-state index contributed by atoms with van der Waals surface area (Å²) in [5, 5.41) is 3.73. The second kappa shape index (κ2) is 7.05. The number of nitrogens with zero attached hydrogens (tertiary/aromatic N) is 2. The number of piperazine rings is 1. The highest BCUT2D eigenvalue weighted by Gasteiger charge is 2.35. The molecule has 3 heteroatoms. The van der Waals surface area contributed by atoms with Crippen LogP contribution in [0.1, 0.15) is 39.5 Å². The lowest BCUT2D eigenvalue weighted by molar-refractivity contribution is 0.0959. The van der Waals surface area contributed by atoms with Crippen LogP contribution in [0.3, 0.4) is 0 Å². The minimum absolute atomic E-state index is 0.574. The molecule has 0 aromatic rings. The predicted molar refractivity (Wildman–Crippen MR) is 82.5 cm³/mol. The lowest BCUT2D eigenvalue weighted by atomic mass is 9.85. The minimum Gasteiger partial charge on any atom is -0.316 e. The van der Waals surface area contributed by atoms with Crippen molar-refractivity contribution in [2.24, 2.45) is 11.3 Å². The molecule has 0 bridgehead atoms. The third kappa shape index (κ3) is 4.73. The van der Waals surface area contributed by atoms with Crippen LogP contribution in [-0.4, -0.2) is 62.7 Å². The Bertz CT molecular complexity index is 251. The van der Waals surface area contributed by atoms with Gasteiger partial charge in [-0.25, -0.2) is 0 Å². The van der Waals surface area contributed by atoms with Gasteiger partial charge in [0.15, 0.2) is 0 Å². The van der Waals surface area contributed by atoms with E-state index in [1.165, 1.54) is 71.5 Å². The molecule has 3 nitrogen and oxygen atoms in total. The summed E-state index contributed by atoms with van der Waals surface area (Å²) < 4.78 is 0. The van der Waals surface area contributed by atoms with Crippen LogP contribution in [0.15, 0.2) is 0 Å². The van der Waals surface area contributed by atoms with E-state index in [1.807, 2.05) is 0 Å². The fourth-order valence-electron chi connectivity index (χ4n) is 3.62. The normalized spacial score (nSPS) is 25.3. The fourth-order valence-corrected chi connectivity index (χ4v) is 3.62. The molecule has 0 spiro atoms. The quantitative estimate of drug-likeness (QED) is 0.794. The van der Waals surface area contributed by atoms with Crippen LogP contribution in [0, 0.1) is 11.3 Å². The molecule has 2 rings (SSSR count). The van der Waals surface area contributed by atoms with Crippen LogP contribution >= 0.6 is 0 Å². The third-order valence-corrected chi connectivity index (χ3v) is 4.87. The summed E-state index contributed by atoms with van der Waals surface area (Å²) >= 11 is 0. The Morgan fingerprint density at radius 1 is 1.05 bits per heavy atom. The molecule has 19 heavy (non-hydrogen) atoms. The van der Waals surface area contributed by atoms with Crippen molar-refractivity contribution in [3.05, 3.63) is 0 Å². The molecular weight excluding hydrogens is 234 g/mol. The van der Waals surface area contributed by atoms with Gasteiger partial charge in [-0.1, -0.05) is 26.7 Å². The molecule has 1 aliphatic carbocycles. The van der Waals surface area contributed by atoms with E-state index < -0.39 is 0 Å². The van der Waals surface area contributed by atoms with Crippen molar-refractivity contribution in [1.82, 2.24) is 15.1 Å². The molecule has 1 aliphatic heterocycles. The largest absolute Gasteiger partial charge is 0.316 e. The number of rotatable bonds is 6. The zero-order valence-electron chi connectivity index (χ0n) is 13.2. The number of hydrogen-bond donors (Lipinski definition) is 1. The summed E-state index contributed by atoms with van der Waals surface area (Å²) in [6.07, 6.45) is 5.75. The highest BCUT2D eigenvalue weighted by molar-refractivity contribution is 4.90. The number of likely N-dealkylation sites (N-methyl/N-ethyl adjacent to an activating group) is 1. The van der Waals surface area contributed by atoms with E-state index in [0.29, 0.717) is 5.41 Å². The Morgan fingerprint density at radius 2 is 1.68 bits per heavy atom. The third-order valence-electron chi connectivity index (χ3n) is 4.87. The van der Waals surface area contributed by atoms with E-state index >= 15 is 0 Å². The van der Waals surface area contributed by atoms with Crippen LogP contribution in [0.2, 0.25) is 0 Å². The van der Waals surface area contributed by atoms with Crippen molar-refractivity contribution in [2.75, 3.05) is 52.9 Å². The molecule has 112 valence electrons. The maximum atomic E-state index is 3.73.